The molecule has 0 aliphatic carbocycles. The lowest BCUT2D eigenvalue weighted by molar-refractivity contribution is 0.169. The van der Waals surface area contributed by atoms with Crippen molar-refractivity contribution in [2.75, 3.05) is 13.2 Å². The standard InChI is InChI=1S/C5H11O2/c1-2-5(3-6)4-7/h2,5-7H,3-4H2,1H3. The predicted molar refractivity (Wildman–Crippen MR) is 27.6 cm³/mol. The number of aliphatic hydroxyl groups is 2. The van der Waals surface area contributed by atoms with Gasteiger partial charge in [0, 0.05) is 19.1 Å². The van der Waals surface area contributed by atoms with Crippen molar-refractivity contribution >= 4 is 0 Å². The van der Waals surface area contributed by atoms with Gasteiger partial charge >= 0.3 is 0 Å². The lowest BCUT2D eigenvalue weighted by atomic mass is 10.1. The Bertz CT molecular complexity index is 27.6. The van der Waals surface area contributed by atoms with Crippen molar-refractivity contribution < 1.29 is 10.2 Å². The fraction of sp³-hybridized carbons (Fsp3) is 0.800. The van der Waals surface area contributed by atoms with Crippen molar-refractivity contribution in [1.29, 1.82) is 0 Å². The van der Waals surface area contributed by atoms with E-state index in [0.717, 1.165) is 0 Å². The van der Waals surface area contributed by atoms with Gasteiger partial charge < -0.3 is 10.2 Å². The molecule has 0 aromatic carbocycles. The summed E-state index contributed by atoms with van der Waals surface area (Å²) in [7, 11) is 0. The predicted octanol–water partition coefficient (Wildman–Crippen LogP) is -0.189. The van der Waals surface area contributed by atoms with Crippen LogP contribution in [-0.4, -0.2) is 23.4 Å². The summed E-state index contributed by atoms with van der Waals surface area (Å²) in [5, 5.41) is 16.7. The highest BCUT2D eigenvalue weighted by Crippen LogP contribution is 1.95. The second-order valence-corrected chi connectivity index (χ2v) is 1.46. The topological polar surface area (TPSA) is 40.5 Å². The van der Waals surface area contributed by atoms with E-state index in [-0.39, 0.29) is 19.1 Å². The van der Waals surface area contributed by atoms with Crippen molar-refractivity contribution in [2.24, 2.45) is 5.92 Å². The van der Waals surface area contributed by atoms with Gasteiger partial charge in [-0.3, -0.25) is 0 Å². The molecule has 0 aromatic rings. The molecule has 43 valence electrons. The summed E-state index contributed by atoms with van der Waals surface area (Å²) in [4.78, 5) is 0. The third-order valence-corrected chi connectivity index (χ3v) is 0.940. The van der Waals surface area contributed by atoms with Gasteiger partial charge in [-0.1, -0.05) is 6.92 Å². The summed E-state index contributed by atoms with van der Waals surface area (Å²) < 4.78 is 0. The second kappa shape index (κ2) is 4.09. The van der Waals surface area contributed by atoms with Crippen LogP contribution in [-0.2, 0) is 0 Å². The minimum atomic E-state index is -0.0278. The zero-order chi connectivity index (χ0) is 5.70. The lowest BCUT2D eigenvalue weighted by Crippen LogP contribution is -2.09. The molecule has 0 saturated heterocycles. The van der Waals surface area contributed by atoms with Crippen LogP contribution < -0.4 is 0 Å². The number of hydrogen-bond acceptors (Lipinski definition) is 2. The van der Waals surface area contributed by atoms with Crippen LogP contribution in [0.2, 0.25) is 0 Å². The molecule has 0 rings (SSSR count). The second-order valence-electron chi connectivity index (χ2n) is 1.46. The van der Waals surface area contributed by atoms with Crippen LogP contribution in [0.5, 0.6) is 0 Å². The quantitative estimate of drug-likeness (QED) is 0.520. The Morgan fingerprint density at radius 3 is 1.86 bits per heavy atom. The average Bonchev–Trinajstić information content (AvgIpc) is 1.72. The maximum Gasteiger partial charge on any atom is 0.0483 e. The van der Waals surface area contributed by atoms with E-state index in [2.05, 4.69) is 0 Å². The van der Waals surface area contributed by atoms with E-state index >= 15 is 0 Å². The van der Waals surface area contributed by atoms with Gasteiger partial charge in [-0.05, 0) is 6.42 Å². The molecule has 0 spiro atoms. The molecule has 1 radical (unpaired) electrons. The first kappa shape index (κ1) is 6.92. The Balaban J connectivity index is 2.99. The fourth-order valence-electron chi connectivity index (χ4n) is 0.269. The van der Waals surface area contributed by atoms with Crippen LogP contribution in [0.4, 0.5) is 0 Å². The molecule has 0 unspecified atom stereocenters. The lowest BCUT2D eigenvalue weighted by Gasteiger charge is -2.03. The zero-order valence-corrected chi connectivity index (χ0v) is 4.46. The van der Waals surface area contributed by atoms with Crippen LogP contribution in [0.25, 0.3) is 0 Å². The SMILES string of the molecule is C[CH]C(CO)CO. The molecule has 0 atom stereocenters. The fourth-order valence-corrected chi connectivity index (χ4v) is 0.269. The van der Waals surface area contributed by atoms with Gasteiger partial charge in [-0.25, -0.2) is 0 Å². The third kappa shape index (κ3) is 2.60. The van der Waals surface area contributed by atoms with Crippen molar-refractivity contribution in [3.05, 3.63) is 6.42 Å². The Labute approximate surface area is 43.8 Å². The van der Waals surface area contributed by atoms with Gasteiger partial charge in [0.15, 0.2) is 0 Å². The Morgan fingerprint density at radius 1 is 1.43 bits per heavy atom. The summed E-state index contributed by atoms with van der Waals surface area (Å²) in [6.07, 6.45) is 1.78. The van der Waals surface area contributed by atoms with Gasteiger partial charge in [-0.15, -0.1) is 0 Å². The first-order valence-electron chi connectivity index (χ1n) is 2.36. The van der Waals surface area contributed by atoms with E-state index in [1.807, 2.05) is 6.92 Å². The smallest absolute Gasteiger partial charge is 0.0483 e. The molecule has 0 aliphatic heterocycles. The number of hydrogen-bond donors (Lipinski definition) is 2. The van der Waals surface area contributed by atoms with Crippen molar-refractivity contribution in [3.63, 3.8) is 0 Å². The maximum absolute atomic E-state index is 8.33. The highest BCUT2D eigenvalue weighted by Gasteiger charge is 1.99. The van der Waals surface area contributed by atoms with Gasteiger partial charge in [0.1, 0.15) is 0 Å². The summed E-state index contributed by atoms with van der Waals surface area (Å²) in [5.74, 6) is -0.0278. The van der Waals surface area contributed by atoms with Crippen LogP contribution in [0, 0.1) is 12.3 Å². The molecule has 0 heterocycles. The molecule has 0 amide bonds. The third-order valence-electron chi connectivity index (χ3n) is 0.940. The summed E-state index contributed by atoms with van der Waals surface area (Å²) in [6.45, 7) is 1.91. The molecule has 0 fully saturated rings. The molecule has 7 heavy (non-hydrogen) atoms. The summed E-state index contributed by atoms with van der Waals surface area (Å²) in [6, 6.07) is 0. The van der Waals surface area contributed by atoms with Crippen LogP contribution in [0.15, 0.2) is 0 Å². The Hall–Kier alpha value is -0.0800. The monoisotopic (exact) mass is 103 g/mol. The molecule has 2 N–H and O–H groups in total. The van der Waals surface area contributed by atoms with Gasteiger partial charge in [-0.2, -0.15) is 0 Å². The zero-order valence-electron chi connectivity index (χ0n) is 4.46. The van der Waals surface area contributed by atoms with E-state index in [1.165, 1.54) is 0 Å². The van der Waals surface area contributed by atoms with E-state index in [9.17, 15) is 0 Å². The molecule has 0 aliphatic rings. The van der Waals surface area contributed by atoms with Gasteiger partial charge in [0.05, 0.1) is 0 Å². The first-order chi connectivity index (χ1) is 3.35. The first-order valence-corrected chi connectivity index (χ1v) is 2.36. The maximum atomic E-state index is 8.33. The highest BCUT2D eigenvalue weighted by molar-refractivity contribution is 4.67. The minimum Gasteiger partial charge on any atom is -0.396 e. The van der Waals surface area contributed by atoms with Crippen LogP contribution in [0.1, 0.15) is 6.92 Å². The van der Waals surface area contributed by atoms with Gasteiger partial charge in [0.25, 0.3) is 0 Å². The molecule has 2 heteroatoms. The van der Waals surface area contributed by atoms with Crippen molar-refractivity contribution in [3.8, 4) is 0 Å². The van der Waals surface area contributed by atoms with Crippen LogP contribution in [0.3, 0.4) is 0 Å². The van der Waals surface area contributed by atoms with E-state index in [0.29, 0.717) is 0 Å². The average molecular weight is 103 g/mol. The largest absolute Gasteiger partial charge is 0.396 e. The molecule has 0 aromatic heterocycles. The summed E-state index contributed by atoms with van der Waals surface area (Å²) >= 11 is 0. The van der Waals surface area contributed by atoms with Crippen molar-refractivity contribution in [1.82, 2.24) is 0 Å². The Kier molecular flexibility index (Phi) is 4.04. The normalized spacial score (nSPS) is 10.3. The molecule has 0 bridgehead atoms. The molecule has 2 nitrogen and oxygen atoms in total. The molecular weight excluding hydrogens is 92.1 g/mol. The number of rotatable bonds is 3. The van der Waals surface area contributed by atoms with E-state index in [1.54, 1.807) is 6.42 Å². The molecule has 0 saturated carbocycles. The number of aliphatic hydroxyl groups excluding tert-OH is 2. The van der Waals surface area contributed by atoms with Crippen LogP contribution >= 0.6 is 0 Å². The van der Waals surface area contributed by atoms with E-state index < -0.39 is 0 Å². The minimum absolute atomic E-state index is 0.0278. The molecular formula is C5H11O2. The Morgan fingerprint density at radius 2 is 1.86 bits per heavy atom. The highest BCUT2D eigenvalue weighted by atomic mass is 16.3. The summed E-state index contributed by atoms with van der Waals surface area (Å²) in [5.41, 5.74) is 0. The van der Waals surface area contributed by atoms with E-state index in [4.69, 9.17) is 10.2 Å². The van der Waals surface area contributed by atoms with Crippen molar-refractivity contribution in [2.45, 2.75) is 6.92 Å². The van der Waals surface area contributed by atoms with Gasteiger partial charge in [0.2, 0.25) is 0 Å².